The summed E-state index contributed by atoms with van der Waals surface area (Å²) in [6, 6.07) is 15.0. The number of hydrogen-bond acceptors (Lipinski definition) is 4. The maximum absolute atomic E-state index is 12.5. The van der Waals surface area contributed by atoms with E-state index < -0.39 is 0 Å². The molecule has 1 aliphatic heterocycles. The van der Waals surface area contributed by atoms with Crippen LogP contribution in [-0.4, -0.2) is 39.2 Å². The van der Waals surface area contributed by atoms with E-state index in [1.165, 1.54) is 0 Å². The molecule has 120 valence electrons. The number of rotatable bonds is 4. The largest absolute Gasteiger partial charge is 0.497 e. The Morgan fingerprint density at radius 1 is 1.09 bits per heavy atom. The van der Waals surface area contributed by atoms with Crippen LogP contribution < -0.4 is 20.3 Å². The molecule has 0 spiro atoms. The van der Waals surface area contributed by atoms with Gasteiger partial charge in [-0.05, 0) is 36.4 Å². The molecule has 0 bridgehead atoms. The van der Waals surface area contributed by atoms with Crippen molar-refractivity contribution in [1.29, 1.82) is 0 Å². The third-order valence-corrected chi connectivity index (χ3v) is 3.96. The second-order valence-electron chi connectivity index (χ2n) is 5.44. The molecule has 0 radical (unpaired) electrons. The number of anilines is 2. The number of methoxy groups -OCH3 is 1. The molecule has 5 heteroatoms. The van der Waals surface area contributed by atoms with E-state index in [9.17, 15) is 4.79 Å². The summed E-state index contributed by atoms with van der Waals surface area (Å²) in [4.78, 5) is 14.8. The standard InChI is InChI=1S/C18H21N3O2/c1-23-15-8-6-14(7-9-15)18(22)20-16-4-2-3-5-17(16)21-12-10-19-11-13-21/h2-9,19H,10-13H2,1H3,(H,20,22). The third-order valence-electron chi connectivity index (χ3n) is 3.96. The van der Waals surface area contributed by atoms with Crippen LogP contribution in [-0.2, 0) is 0 Å². The van der Waals surface area contributed by atoms with E-state index in [1.807, 2.05) is 18.2 Å². The highest BCUT2D eigenvalue weighted by atomic mass is 16.5. The average Bonchev–Trinajstić information content (AvgIpc) is 2.63. The van der Waals surface area contributed by atoms with E-state index in [2.05, 4.69) is 21.6 Å². The van der Waals surface area contributed by atoms with Crippen molar-refractivity contribution in [2.45, 2.75) is 0 Å². The lowest BCUT2D eigenvalue weighted by Gasteiger charge is -2.31. The van der Waals surface area contributed by atoms with Gasteiger partial charge in [-0.15, -0.1) is 0 Å². The molecule has 1 amide bonds. The molecule has 1 aliphatic rings. The number of benzene rings is 2. The van der Waals surface area contributed by atoms with Gasteiger partial charge in [0.2, 0.25) is 0 Å². The summed E-state index contributed by atoms with van der Waals surface area (Å²) in [6.07, 6.45) is 0. The van der Waals surface area contributed by atoms with Gasteiger partial charge in [0.15, 0.2) is 0 Å². The summed E-state index contributed by atoms with van der Waals surface area (Å²) in [7, 11) is 1.61. The fourth-order valence-electron chi connectivity index (χ4n) is 2.70. The van der Waals surface area contributed by atoms with Gasteiger partial charge in [0.1, 0.15) is 5.75 Å². The molecule has 23 heavy (non-hydrogen) atoms. The van der Waals surface area contributed by atoms with Crippen LogP contribution in [0.3, 0.4) is 0 Å². The highest BCUT2D eigenvalue weighted by Crippen LogP contribution is 2.26. The van der Waals surface area contributed by atoms with Crippen molar-refractivity contribution in [2.75, 3.05) is 43.5 Å². The lowest BCUT2D eigenvalue weighted by Crippen LogP contribution is -2.43. The van der Waals surface area contributed by atoms with E-state index in [-0.39, 0.29) is 5.91 Å². The minimum Gasteiger partial charge on any atom is -0.497 e. The molecule has 0 saturated carbocycles. The molecular weight excluding hydrogens is 290 g/mol. The van der Waals surface area contributed by atoms with Gasteiger partial charge < -0.3 is 20.3 Å². The van der Waals surface area contributed by atoms with Gasteiger partial charge in [0.25, 0.3) is 5.91 Å². The molecule has 0 aliphatic carbocycles. The monoisotopic (exact) mass is 311 g/mol. The van der Waals surface area contributed by atoms with Crippen LogP contribution in [0.15, 0.2) is 48.5 Å². The van der Waals surface area contributed by atoms with E-state index in [0.717, 1.165) is 43.3 Å². The lowest BCUT2D eigenvalue weighted by molar-refractivity contribution is 0.102. The topological polar surface area (TPSA) is 53.6 Å². The van der Waals surface area contributed by atoms with Crippen molar-refractivity contribution < 1.29 is 9.53 Å². The smallest absolute Gasteiger partial charge is 0.255 e. The summed E-state index contributed by atoms with van der Waals surface area (Å²) < 4.78 is 5.12. The number of carbonyl (C=O) groups excluding carboxylic acids is 1. The molecule has 2 N–H and O–H groups in total. The Morgan fingerprint density at radius 2 is 1.78 bits per heavy atom. The predicted molar refractivity (Wildman–Crippen MR) is 92.5 cm³/mol. The molecule has 0 aromatic heterocycles. The summed E-state index contributed by atoms with van der Waals surface area (Å²) in [5.74, 6) is 0.623. The van der Waals surface area contributed by atoms with E-state index in [1.54, 1.807) is 31.4 Å². The quantitative estimate of drug-likeness (QED) is 0.910. The second-order valence-corrected chi connectivity index (χ2v) is 5.44. The van der Waals surface area contributed by atoms with Crippen LogP contribution in [0.4, 0.5) is 11.4 Å². The maximum atomic E-state index is 12.5. The molecule has 5 nitrogen and oxygen atoms in total. The molecule has 0 atom stereocenters. The molecule has 1 saturated heterocycles. The Bertz CT molecular complexity index is 664. The predicted octanol–water partition coefficient (Wildman–Crippen LogP) is 2.36. The van der Waals surface area contributed by atoms with Crippen molar-refractivity contribution in [2.24, 2.45) is 0 Å². The summed E-state index contributed by atoms with van der Waals surface area (Å²) in [5, 5.41) is 6.36. The van der Waals surface area contributed by atoms with Crippen LogP contribution >= 0.6 is 0 Å². The zero-order valence-electron chi connectivity index (χ0n) is 13.2. The van der Waals surface area contributed by atoms with Gasteiger partial charge in [-0.1, -0.05) is 12.1 Å². The second kappa shape index (κ2) is 7.15. The highest BCUT2D eigenvalue weighted by molar-refractivity contribution is 6.06. The van der Waals surface area contributed by atoms with Crippen LogP contribution in [0.2, 0.25) is 0 Å². The maximum Gasteiger partial charge on any atom is 0.255 e. The third kappa shape index (κ3) is 3.63. The van der Waals surface area contributed by atoms with Crippen molar-refractivity contribution in [1.82, 2.24) is 5.32 Å². The first kappa shape index (κ1) is 15.4. The first-order chi connectivity index (χ1) is 11.3. The van der Waals surface area contributed by atoms with E-state index in [0.29, 0.717) is 5.56 Å². The van der Waals surface area contributed by atoms with Gasteiger partial charge in [-0.25, -0.2) is 0 Å². The van der Waals surface area contributed by atoms with E-state index in [4.69, 9.17) is 4.74 Å². The van der Waals surface area contributed by atoms with E-state index >= 15 is 0 Å². The number of nitrogens with zero attached hydrogens (tertiary/aromatic N) is 1. The lowest BCUT2D eigenvalue weighted by atomic mass is 10.1. The number of para-hydroxylation sites is 2. The minimum atomic E-state index is -0.116. The van der Waals surface area contributed by atoms with Crippen LogP contribution in [0.25, 0.3) is 0 Å². The van der Waals surface area contributed by atoms with Gasteiger partial charge >= 0.3 is 0 Å². The van der Waals surface area contributed by atoms with Gasteiger partial charge in [-0.2, -0.15) is 0 Å². The van der Waals surface area contributed by atoms with Gasteiger partial charge in [0, 0.05) is 31.7 Å². The summed E-state index contributed by atoms with van der Waals surface area (Å²) >= 11 is 0. The van der Waals surface area contributed by atoms with Gasteiger partial charge in [0.05, 0.1) is 18.5 Å². The number of ether oxygens (including phenoxy) is 1. The normalized spacial score (nSPS) is 14.4. The van der Waals surface area contributed by atoms with Crippen LogP contribution in [0.1, 0.15) is 10.4 Å². The fraction of sp³-hybridized carbons (Fsp3) is 0.278. The van der Waals surface area contributed by atoms with Crippen LogP contribution in [0, 0.1) is 0 Å². The molecule has 2 aromatic rings. The average molecular weight is 311 g/mol. The van der Waals surface area contributed by atoms with Crippen molar-refractivity contribution in [3.05, 3.63) is 54.1 Å². The first-order valence-electron chi connectivity index (χ1n) is 7.78. The summed E-state index contributed by atoms with van der Waals surface area (Å²) in [6.45, 7) is 3.80. The first-order valence-corrected chi connectivity index (χ1v) is 7.78. The van der Waals surface area contributed by atoms with Crippen molar-refractivity contribution in [3.63, 3.8) is 0 Å². The minimum absolute atomic E-state index is 0.116. The Kier molecular flexibility index (Phi) is 4.78. The Balaban J connectivity index is 1.77. The molecule has 1 heterocycles. The number of piperazine rings is 1. The molecule has 1 fully saturated rings. The molecule has 3 rings (SSSR count). The number of hydrogen-bond donors (Lipinski definition) is 2. The number of nitrogens with one attached hydrogen (secondary N) is 2. The van der Waals surface area contributed by atoms with Gasteiger partial charge in [-0.3, -0.25) is 4.79 Å². The number of amides is 1. The summed E-state index contributed by atoms with van der Waals surface area (Å²) in [5.41, 5.74) is 2.52. The van der Waals surface area contributed by atoms with Crippen LogP contribution in [0.5, 0.6) is 5.75 Å². The van der Waals surface area contributed by atoms with Crippen molar-refractivity contribution >= 4 is 17.3 Å². The zero-order valence-corrected chi connectivity index (χ0v) is 13.2. The fourth-order valence-corrected chi connectivity index (χ4v) is 2.70. The molecule has 2 aromatic carbocycles. The number of carbonyl (C=O) groups is 1. The zero-order chi connectivity index (χ0) is 16.1. The molecular formula is C18H21N3O2. The Labute approximate surface area is 136 Å². The van der Waals surface area contributed by atoms with Crippen molar-refractivity contribution in [3.8, 4) is 5.75 Å². The molecule has 0 unspecified atom stereocenters. The Morgan fingerprint density at radius 3 is 2.48 bits per heavy atom. The highest BCUT2D eigenvalue weighted by Gasteiger charge is 2.15. The Hall–Kier alpha value is -2.53. The SMILES string of the molecule is COc1ccc(C(=O)Nc2ccccc2N2CCNCC2)cc1.